The summed E-state index contributed by atoms with van der Waals surface area (Å²) in [7, 11) is -0.411. The summed E-state index contributed by atoms with van der Waals surface area (Å²) >= 11 is 0. The minimum Gasteiger partial charge on any atom is -0.497 e. The number of ether oxygens (including phenoxy) is 2. The number of sulfonamides is 1. The number of carbonyl (C=O) groups is 1. The molecule has 0 aliphatic carbocycles. The van der Waals surface area contributed by atoms with Crippen LogP contribution in [0.5, 0.6) is 11.5 Å². The van der Waals surface area contributed by atoms with Gasteiger partial charge in [-0.2, -0.15) is 4.31 Å². The summed E-state index contributed by atoms with van der Waals surface area (Å²) in [6, 6.07) is 18.4. The minimum absolute atomic E-state index is 0.00243. The molecule has 0 N–H and O–H groups in total. The van der Waals surface area contributed by atoms with E-state index in [2.05, 4.69) is 0 Å². The van der Waals surface area contributed by atoms with Crippen LogP contribution in [0, 0.1) is 0 Å². The van der Waals surface area contributed by atoms with Crippen LogP contribution in [0.2, 0.25) is 0 Å². The van der Waals surface area contributed by atoms with Crippen LogP contribution in [0.15, 0.2) is 65.6 Å². The molecule has 0 unspecified atom stereocenters. The third kappa shape index (κ3) is 4.96. The number of aryl methyl sites for hydroxylation is 1. The summed E-state index contributed by atoms with van der Waals surface area (Å²) in [4.78, 5) is 14.8. The largest absolute Gasteiger partial charge is 0.497 e. The Bertz CT molecular complexity index is 1250. The number of amides is 1. The van der Waals surface area contributed by atoms with Gasteiger partial charge in [0.2, 0.25) is 15.9 Å². The van der Waals surface area contributed by atoms with E-state index in [1.165, 1.54) is 4.31 Å². The molecule has 8 heteroatoms. The van der Waals surface area contributed by atoms with Gasteiger partial charge in [0.15, 0.2) is 0 Å². The molecule has 0 spiro atoms. The fourth-order valence-corrected chi connectivity index (χ4v) is 5.59. The van der Waals surface area contributed by atoms with E-state index in [1.54, 1.807) is 31.3 Å². The van der Waals surface area contributed by atoms with Gasteiger partial charge in [0.1, 0.15) is 11.5 Å². The van der Waals surface area contributed by atoms with Crippen LogP contribution in [-0.2, 0) is 21.2 Å². The smallest absolute Gasteiger partial charge is 0.243 e. The number of benzene rings is 3. The average molecular weight is 469 g/mol. The highest BCUT2D eigenvalue weighted by Crippen LogP contribution is 2.26. The van der Waals surface area contributed by atoms with Gasteiger partial charge >= 0.3 is 0 Å². The third-order valence-corrected chi connectivity index (χ3v) is 7.94. The fraction of sp³-hybridized carbons (Fsp3) is 0.320. The Morgan fingerprint density at radius 1 is 0.879 bits per heavy atom. The Hall–Kier alpha value is -3.10. The highest BCUT2D eigenvalue weighted by Gasteiger charge is 2.30. The van der Waals surface area contributed by atoms with Crippen LogP contribution in [0.25, 0.3) is 10.8 Å². The Kier molecular flexibility index (Phi) is 6.85. The van der Waals surface area contributed by atoms with E-state index in [9.17, 15) is 13.2 Å². The maximum absolute atomic E-state index is 13.1. The summed E-state index contributed by atoms with van der Waals surface area (Å²) in [5.74, 6) is 1.43. The van der Waals surface area contributed by atoms with Gasteiger partial charge < -0.3 is 14.4 Å². The molecule has 3 aromatic rings. The summed E-state index contributed by atoms with van der Waals surface area (Å²) < 4.78 is 38.4. The van der Waals surface area contributed by atoms with E-state index < -0.39 is 10.0 Å². The third-order valence-electron chi connectivity index (χ3n) is 6.05. The van der Waals surface area contributed by atoms with Crippen molar-refractivity contribution in [2.24, 2.45) is 0 Å². The zero-order valence-corrected chi connectivity index (χ0v) is 19.7. The van der Waals surface area contributed by atoms with Crippen molar-refractivity contribution in [3.05, 3.63) is 66.2 Å². The Balaban J connectivity index is 1.37. The second-order valence-electron chi connectivity index (χ2n) is 7.97. The van der Waals surface area contributed by atoms with Gasteiger partial charge in [0.25, 0.3) is 0 Å². The van der Waals surface area contributed by atoms with Crippen LogP contribution in [0.4, 0.5) is 0 Å². The number of nitrogens with zero attached hydrogens (tertiary/aromatic N) is 2. The predicted octanol–water partition coefficient (Wildman–Crippen LogP) is 3.32. The summed E-state index contributed by atoms with van der Waals surface area (Å²) in [5, 5.41) is 1.89. The summed E-state index contributed by atoms with van der Waals surface area (Å²) in [5.41, 5.74) is 0.905. The van der Waals surface area contributed by atoms with Crippen molar-refractivity contribution in [2.75, 3.05) is 40.4 Å². The maximum atomic E-state index is 13.1. The Labute approximate surface area is 194 Å². The number of rotatable bonds is 7. The Morgan fingerprint density at radius 3 is 2.30 bits per heavy atom. The Morgan fingerprint density at radius 2 is 1.61 bits per heavy atom. The monoisotopic (exact) mass is 468 g/mol. The molecule has 4 rings (SSSR count). The molecule has 33 heavy (non-hydrogen) atoms. The van der Waals surface area contributed by atoms with E-state index in [4.69, 9.17) is 9.47 Å². The standard InChI is InChI=1S/C25H28N2O5S/c1-31-22-9-11-24(32-2)21(17-22)8-12-25(28)26-13-15-27(16-14-26)33(29,30)23-10-7-19-5-3-4-6-20(19)18-23/h3-7,9-11,17-18H,8,12-16H2,1-2H3. The molecule has 1 aliphatic rings. The molecule has 0 radical (unpaired) electrons. The number of hydrogen-bond acceptors (Lipinski definition) is 5. The van der Waals surface area contributed by atoms with Gasteiger partial charge in [-0.1, -0.05) is 30.3 Å². The lowest BCUT2D eigenvalue weighted by Gasteiger charge is -2.34. The van der Waals surface area contributed by atoms with Crippen LogP contribution < -0.4 is 9.47 Å². The van der Waals surface area contributed by atoms with Crippen molar-refractivity contribution >= 4 is 26.7 Å². The minimum atomic E-state index is -3.61. The molecule has 0 saturated carbocycles. The van der Waals surface area contributed by atoms with Crippen molar-refractivity contribution in [3.8, 4) is 11.5 Å². The van der Waals surface area contributed by atoms with Gasteiger partial charge in [-0.3, -0.25) is 4.79 Å². The molecule has 1 heterocycles. The second kappa shape index (κ2) is 9.80. The second-order valence-corrected chi connectivity index (χ2v) is 9.91. The first-order valence-corrected chi connectivity index (χ1v) is 12.3. The van der Waals surface area contributed by atoms with Gasteiger partial charge in [-0.15, -0.1) is 0 Å². The quantitative estimate of drug-likeness (QED) is 0.532. The van der Waals surface area contributed by atoms with Crippen LogP contribution >= 0.6 is 0 Å². The van der Waals surface area contributed by atoms with Crippen molar-refractivity contribution in [2.45, 2.75) is 17.7 Å². The van der Waals surface area contributed by atoms with Crippen molar-refractivity contribution in [1.29, 1.82) is 0 Å². The molecule has 174 valence electrons. The molecule has 0 atom stereocenters. The fourth-order valence-electron chi connectivity index (χ4n) is 4.13. The SMILES string of the molecule is COc1ccc(OC)c(CCC(=O)N2CCN(S(=O)(=O)c3ccc4ccccc4c3)CC2)c1. The van der Waals surface area contributed by atoms with Gasteiger partial charge in [-0.25, -0.2) is 8.42 Å². The van der Waals surface area contributed by atoms with E-state index >= 15 is 0 Å². The highest BCUT2D eigenvalue weighted by atomic mass is 32.2. The number of carbonyl (C=O) groups excluding carboxylic acids is 1. The molecule has 7 nitrogen and oxygen atoms in total. The first-order valence-electron chi connectivity index (χ1n) is 10.9. The molecule has 0 aromatic heterocycles. The number of fused-ring (bicyclic) bond motifs is 1. The lowest BCUT2D eigenvalue weighted by Crippen LogP contribution is -2.50. The average Bonchev–Trinajstić information content (AvgIpc) is 2.86. The van der Waals surface area contributed by atoms with E-state index in [1.807, 2.05) is 48.5 Å². The van der Waals surface area contributed by atoms with E-state index in [0.29, 0.717) is 31.7 Å². The zero-order valence-electron chi connectivity index (χ0n) is 18.9. The molecule has 0 bridgehead atoms. The predicted molar refractivity (Wildman–Crippen MR) is 127 cm³/mol. The topological polar surface area (TPSA) is 76.2 Å². The first-order chi connectivity index (χ1) is 15.9. The molecular weight excluding hydrogens is 440 g/mol. The number of piperazine rings is 1. The van der Waals surface area contributed by atoms with Crippen LogP contribution in [-0.4, -0.2) is 63.9 Å². The van der Waals surface area contributed by atoms with E-state index in [0.717, 1.165) is 22.1 Å². The van der Waals surface area contributed by atoms with Gasteiger partial charge in [0, 0.05) is 32.6 Å². The molecule has 1 fully saturated rings. The zero-order chi connectivity index (χ0) is 23.4. The van der Waals surface area contributed by atoms with E-state index in [-0.39, 0.29) is 23.9 Å². The number of hydrogen-bond donors (Lipinski definition) is 0. The van der Waals surface area contributed by atoms with Crippen molar-refractivity contribution < 1.29 is 22.7 Å². The van der Waals surface area contributed by atoms with Crippen LogP contribution in [0.3, 0.4) is 0 Å². The molecule has 1 amide bonds. The number of methoxy groups -OCH3 is 2. The van der Waals surface area contributed by atoms with Crippen molar-refractivity contribution in [3.63, 3.8) is 0 Å². The normalized spacial score (nSPS) is 14.9. The molecule has 1 aliphatic heterocycles. The van der Waals surface area contributed by atoms with Crippen LogP contribution in [0.1, 0.15) is 12.0 Å². The lowest BCUT2D eigenvalue weighted by molar-refractivity contribution is -0.132. The molecular formula is C25H28N2O5S. The molecule has 1 saturated heterocycles. The lowest BCUT2D eigenvalue weighted by atomic mass is 10.1. The first kappa shape index (κ1) is 23.1. The summed E-state index contributed by atoms with van der Waals surface area (Å²) in [6.07, 6.45) is 0.843. The summed E-state index contributed by atoms with van der Waals surface area (Å²) in [6.45, 7) is 1.31. The molecule has 3 aromatic carbocycles. The maximum Gasteiger partial charge on any atom is 0.243 e. The van der Waals surface area contributed by atoms with Crippen molar-refractivity contribution in [1.82, 2.24) is 9.21 Å². The van der Waals surface area contributed by atoms with Gasteiger partial charge in [-0.05, 0) is 53.1 Å². The van der Waals surface area contributed by atoms with Gasteiger partial charge in [0.05, 0.1) is 19.1 Å². The highest BCUT2D eigenvalue weighted by molar-refractivity contribution is 7.89.